The van der Waals surface area contributed by atoms with Gasteiger partial charge in [0.1, 0.15) is 6.54 Å². The van der Waals surface area contributed by atoms with Gasteiger partial charge in [0, 0.05) is 49.2 Å². The minimum atomic E-state index is 0.614. The molecule has 0 radical (unpaired) electrons. The molecule has 2 unspecified atom stereocenters. The number of nitrogens with zero attached hydrogens (tertiary/aromatic N) is 3. The molecule has 0 spiro atoms. The van der Waals surface area contributed by atoms with Crippen LogP contribution >= 0.6 is 11.3 Å². The highest BCUT2D eigenvalue weighted by atomic mass is 32.1. The molecule has 1 aliphatic carbocycles. The second-order valence-electron chi connectivity index (χ2n) is 10.2. The lowest BCUT2D eigenvalue weighted by Gasteiger charge is -2.19. The predicted molar refractivity (Wildman–Crippen MR) is 151 cm³/mol. The molecule has 3 aliphatic heterocycles. The van der Waals surface area contributed by atoms with Gasteiger partial charge in [-0.25, -0.2) is 9.56 Å². The first-order valence-electron chi connectivity index (χ1n) is 13.1. The third-order valence-corrected chi connectivity index (χ3v) is 9.09. The molecule has 4 heteroatoms. The van der Waals surface area contributed by atoms with Crippen LogP contribution in [0, 0.1) is 0 Å². The molecule has 0 bridgehead atoms. The van der Waals surface area contributed by atoms with E-state index in [1.54, 1.807) is 0 Å². The van der Waals surface area contributed by atoms with Crippen LogP contribution in [-0.4, -0.2) is 31.2 Å². The number of hydrogen-bond donors (Lipinski definition) is 0. The van der Waals surface area contributed by atoms with Gasteiger partial charge in [0.05, 0.1) is 20.8 Å². The van der Waals surface area contributed by atoms with Gasteiger partial charge in [-0.1, -0.05) is 60.7 Å². The lowest BCUT2D eigenvalue weighted by Crippen LogP contribution is -2.27. The Morgan fingerprint density at radius 2 is 1.56 bits per heavy atom. The van der Waals surface area contributed by atoms with Crippen LogP contribution in [0.3, 0.4) is 0 Å². The number of anilines is 1. The Kier molecular flexibility index (Phi) is 5.55. The SMILES string of the molecule is c1ccc(C2CCN(c3ccc4nc5ccc(=[N+]6CCC(c7ccccc7)C6)cc-5sc4c3)C2)cc1. The molecule has 2 fully saturated rings. The first kappa shape index (κ1) is 21.8. The predicted octanol–water partition coefficient (Wildman–Crippen LogP) is 6.35. The monoisotopic (exact) mass is 488 g/mol. The van der Waals surface area contributed by atoms with E-state index in [0.29, 0.717) is 11.8 Å². The number of rotatable bonds is 3. The van der Waals surface area contributed by atoms with Crippen LogP contribution in [0.15, 0.2) is 97.1 Å². The Morgan fingerprint density at radius 1 is 0.778 bits per heavy atom. The molecule has 36 heavy (non-hydrogen) atoms. The summed E-state index contributed by atoms with van der Waals surface area (Å²) in [5.41, 5.74) is 6.42. The molecule has 2 saturated heterocycles. The van der Waals surface area contributed by atoms with E-state index in [0.717, 1.165) is 37.4 Å². The number of fused-ring (bicyclic) bond motifs is 2. The van der Waals surface area contributed by atoms with Gasteiger partial charge in [0.2, 0.25) is 5.36 Å². The third-order valence-electron chi connectivity index (χ3n) is 8.00. The Balaban J connectivity index is 1.19. The van der Waals surface area contributed by atoms with Gasteiger partial charge in [0.25, 0.3) is 0 Å². The van der Waals surface area contributed by atoms with Gasteiger partial charge in [-0.05, 0) is 41.8 Å². The Bertz CT molecular complexity index is 1560. The maximum atomic E-state index is 5.01. The van der Waals surface area contributed by atoms with Crippen molar-refractivity contribution >= 4 is 27.2 Å². The number of aromatic nitrogens is 1. The van der Waals surface area contributed by atoms with Gasteiger partial charge in [-0.2, -0.15) is 0 Å². The highest BCUT2D eigenvalue weighted by Crippen LogP contribution is 2.35. The van der Waals surface area contributed by atoms with Crippen molar-refractivity contribution in [3.05, 3.63) is 114 Å². The largest absolute Gasteiger partial charge is 0.371 e. The smallest absolute Gasteiger partial charge is 0.201 e. The molecule has 2 atom stereocenters. The highest BCUT2D eigenvalue weighted by molar-refractivity contribution is 7.21. The zero-order chi connectivity index (χ0) is 23.9. The number of benzene rings is 4. The zero-order valence-electron chi connectivity index (χ0n) is 20.4. The van der Waals surface area contributed by atoms with E-state index in [-0.39, 0.29) is 0 Å². The van der Waals surface area contributed by atoms with E-state index < -0.39 is 0 Å². The fraction of sp³-hybridized carbons (Fsp3) is 0.250. The van der Waals surface area contributed by atoms with Crippen molar-refractivity contribution in [2.45, 2.75) is 24.7 Å². The zero-order valence-corrected chi connectivity index (χ0v) is 21.2. The molecule has 3 aromatic rings. The molecule has 0 saturated carbocycles. The molecule has 0 aromatic heterocycles. The first-order chi connectivity index (χ1) is 17.8. The summed E-state index contributed by atoms with van der Waals surface area (Å²) in [6, 6.07) is 35.5. The van der Waals surface area contributed by atoms with Crippen LogP contribution in [0.4, 0.5) is 5.69 Å². The lowest BCUT2D eigenvalue weighted by atomic mass is 9.99. The molecule has 3 aromatic carbocycles. The Labute approximate surface area is 216 Å². The summed E-state index contributed by atoms with van der Waals surface area (Å²) >= 11 is 1.88. The van der Waals surface area contributed by atoms with E-state index in [9.17, 15) is 0 Å². The van der Waals surface area contributed by atoms with Crippen LogP contribution in [0.2, 0.25) is 0 Å². The Hall–Kier alpha value is -3.50. The van der Waals surface area contributed by atoms with Gasteiger partial charge in [-0.15, -0.1) is 11.3 Å². The van der Waals surface area contributed by atoms with Crippen LogP contribution in [0.5, 0.6) is 0 Å². The lowest BCUT2D eigenvalue weighted by molar-refractivity contribution is 0.675. The molecular formula is C32H30N3S+. The average molecular weight is 489 g/mol. The summed E-state index contributed by atoms with van der Waals surface area (Å²) in [5, 5.41) is 1.32. The highest BCUT2D eigenvalue weighted by Gasteiger charge is 2.27. The standard InChI is InChI=1S/C32H30N3S/c1-3-7-23(8-4-1)25-15-17-34(21-25)27-11-13-29-31(19-27)36-32-20-28(12-14-30(32)33-29)35-18-16-26(22-35)24-9-5-2-6-10-24/h1-14,19-20,25-26H,15-18,21-22H2/q+1. The average Bonchev–Trinajstić information content (AvgIpc) is 3.63. The van der Waals surface area contributed by atoms with E-state index in [4.69, 9.17) is 4.98 Å². The van der Waals surface area contributed by atoms with E-state index in [1.165, 1.54) is 44.6 Å². The molecule has 178 valence electrons. The topological polar surface area (TPSA) is 19.1 Å². The molecule has 4 aliphatic rings. The van der Waals surface area contributed by atoms with Crippen LogP contribution < -0.4 is 14.8 Å². The van der Waals surface area contributed by atoms with Crippen LogP contribution in [0.25, 0.3) is 20.8 Å². The maximum Gasteiger partial charge on any atom is 0.201 e. The van der Waals surface area contributed by atoms with Crippen LogP contribution in [-0.2, 0) is 0 Å². The molecule has 3 heterocycles. The molecular weight excluding hydrogens is 458 g/mol. The van der Waals surface area contributed by atoms with Crippen molar-refractivity contribution in [1.29, 1.82) is 0 Å². The van der Waals surface area contributed by atoms with Gasteiger partial charge in [0.15, 0.2) is 6.54 Å². The fourth-order valence-corrected chi connectivity index (χ4v) is 7.01. The summed E-state index contributed by atoms with van der Waals surface area (Å²) in [4.78, 5) is 8.82. The van der Waals surface area contributed by atoms with Crippen molar-refractivity contribution in [1.82, 2.24) is 9.56 Å². The molecule has 0 N–H and O–H groups in total. The third kappa shape index (κ3) is 4.10. The van der Waals surface area contributed by atoms with Crippen molar-refractivity contribution in [2.75, 3.05) is 31.1 Å². The second-order valence-corrected chi connectivity index (χ2v) is 11.3. The van der Waals surface area contributed by atoms with Crippen molar-refractivity contribution in [3.63, 3.8) is 0 Å². The minimum Gasteiger partial charge on any atom is -0.371 e. The summed E-state index contributed by atoms with van der Waals surface area (Å²) in [6.07, 6.45) is 2.43. The van der Waals surface area contributed by atoms with Gasteiger partial charge >= 0.3 is 0 Å². The van der Waals surface area contributed by atoms with E-state index in [2.05, 4.69) is 107 Å². The van der Waals surface area contributed by atoms with Gasteiger partial charge in [-0.3, -0.25) is 0 Å². The van der Waals surface area contributed by atoms with E-state index in [1.807, 2.05) is 11.3 Å². The van der Waals surface area contributed by atoms with Crippen molar-refractivity contribution in [2.24, 2.45) is 0 Å². The molecule has 7 rings (SSSR count). The summed E-state index contributed by atoms with van der Waals surface area (Å²) < 4.78 is 3.81. The fourth-order valence-electron chi connectivity index (χ4n) is 5.98. The molecule has 3 nitrogen and oxygen atoms in total. The molecule has 0 amide bonds. The summed E-state index contributed by atoms with van der Waals surface area (Å²) in [6.45, 7) is 4.39. The van der Waals surface area contributed by atoms with Gasteiger partial charge < -0.3 is 4.90 Å². The van der Waals surface area contributed by atoms with Crippen molar-refractivity contribution < 1.29 is 0 Å². The quantitative estimate of drug-likeness (QED) is 0.218. The van der Waals surface area contributed by atoms with Crippen molar-refractivity contribution in [3.8, 4) is 10.6 Å². The normalized spacial score (nSPS) is 21.5. The summed E-state index contributed by atoms with van der Waals surface area (Å²) in [5.74, 6) is 1.23. The maximum absolute atomic E-state index is 5.01. The Morgan fingerprint density at radius 3 is 2.36 bits per heavy atom. The van der Waals surface area contributed by atoms with Crippen LogP contribution in [0.1, 0.15) is 35.8 Å². The number of hydrogen-bond acceptors (Lipinski definition) is 3. The first-order valence-corrected chi connectivity index (χ1v) is 13.9. The van der Waals surface area contributed by atoms with E-state index >= 15 is 0 Å². The second kappa shape index (κ2) is 9.18. The summed E-state index contributed by atoms with van der Waals surface area (Å²) in [7, 11) is 0. The minimum absolute atomic E-state index is 0.614.